The maximum absolute atomic E-state index is 12.6. The van der Waals surface area contributed by atoms with Gasteiger partial charge in [0.1, 0.15) is 0 Å². The zero-order valence-electron chi connectivity index (χ0n) is 12.6. The highest BCUT2D eigenvalue weighted by Gasteiger charge is 2.33. The second-order valence-corrected chi connectivity index (χ2v) is 6.37. The third-order valence-corrected chi connectivity index (χ3v) is 4.54. The zero-order valence-corrected chi connectivity index (χ0v) is 13.4. The van der Waals surface area contributed by atoms with Crippen molar-refractivity contribution in [2.45, 2.75) is 32.4 Å². The minimum Gasteiger partial charge on any atom is -0.383 e. The van der Waals surface area contributed by atoms with Crippen molar-refractivity contribution in [1.29, 1.82) is 0 Å². The molecule has 0 bridgehead atoms. The summed E-state index contributed by atoms with van der Waals surface area (Å²) in [7, 11) is 0. The molecule has 1 aliphatic rings. The number of benzene rings is 1. The number of para-hydroxylation sites is 1. The minimum absolute atomic E-state index is 0.0548. The van der Waals surface area contributed by atoms with E-state index in [1.807, 2.05) is 40.6 Å². The Morgan fingerprint density at radius 2 is 2.23 bits per heavy atom. The molecule has 0 saturated carbocycles. The molecular formula is C17H18N2O2S. The number of carbonyl (C=O) groups is 1. The Bertz CT molecular complexity index is 682. The van der Waals surface area contributed by atoms with Crippen molar-refractivity contribution in [3.8, 4) is 0 Å². The van der Waals surface area contributed by atoms with E-state index in [0.717, 1.165) is 17.0 Å². The highest BCUT2D eigenvalue weighted by atomic mass is 32.1. The molecule has 0 aliphatic carbocycles. The molecule has 1 aliphatic heterocycles. The summed E-state index contributed by atoms with van der Waals surface area (Å²) in [5.74, 6) is -0.0548. The maximum Gasteiger partial charge on any atom is 0.270 e. The number of thiophene rings is 1. The van der Waals surface area contributed by atoms with E-state index in [0.29, 0.717) is 0 Å². The second-order valence-electron chi connectivity index (χ2n) is 5.39. The number of fused-ring (bicyclic) bond motifs is 1. The number of oxime groups is 1. The Morgan fingerprint density at radius 1 is 1.41 bits per heavy atom. The fourth-order valence-electron chi connectivity index (χ4n) is 2.68. The average molecular weight is 314 g/mol. The number of carbonyl (C=O) groups excluding carboxylic acids is 1. The summed E-state index contributed by atoms with van der Waals surface area (Å²) in [6, 6.07) is 12.1. The van der Waals surface area contributed by atoms with Crippen LogP contribution >= 0.6 is 11.3 Å². The predicted octanol–water partition coefficient (Wildman–Crippen LogP) is 3.46. The lowest BCUT2D eigenvalue weighted by Crippen LogP contribution is -2.42. The van der Waals surface area contributed by atoms with Gasteiger partial charge in [0.2, 0.25) is 6.10 Å². The van der Waals surface area contributed by atoms with Crippen LogP contribution in [-0.2, 0) is 16.1 Å². The van der Waals surface area contributed by atoms with Gasteiger partial charge < -0.3 is 9.74 Å². The van der Waals surface area contributed by atoms with Gasteiger partial charge in [-0.05, 0) is 43.3 Å². The molecule has 0 fully saturated rings. The summed E-state index contributed by atoms with van der Waals surface area (Å²) in [5.41, 5.74) is 2.19. The molecule has 3 rings (SSSR count). The van der Waals surface area contributed by atoms with Crippen molar-refractivity contribution >= 4 is 29.1 Å². The molecular weight excluding hydrogens is 296 g/mol. The Kier molecular flexibility index (Phi) is 4.24. The van der Waals surface area contributed by atoms with Gasteiger partial charge in [-0.3, -0.25) is 4.79 Å². The third-order valence-electron chi connectivity index (χ3n) is 3.73. The lowest BCUT2D eigenvalue weighted by Gasteiger charge is -2.24. The van der Waals surface area contributed by atoms with Crippen molar-refractivity contribution in [2.75, 3.05) is 4.90 Å². The molecule has 0 spiro atoms. The molecule has 1 amide bonds. The normalized spacial score (nSPS) is 18.5. The summed E-state index contributed by atoms with van der Waals surface area (Å²) < 4.78 is 0. The summed E-state index contributed by atoms with van der Waals surface area (Å²) in [5, 5.41) is 5.90. The van der Waals surface area contributed by atoms with Crippen molar-refractivity contribution in [3.05, 3.63) is 52.2 Å². The summed E-state index contributed by atoms with van der Waals surface area (Å²) in [6.45, 7) is 3.79. The number of rotatable bonds is 4. The monoisotopic (exact) mass is 314 g/mol. The van der Waals surface area contributed by atoms with Gasteiger partial charge in [0.15, 0.2) is 0 Å². The van der Waals surface area contributed by atoms with Gasteiger partial charge in [0.05, 0.1) is 6.21 Å². The molecule has 1 aromatic carbocycles. The predicted molar refractivity (Wildman–Crippen MR) is 89.6 cm³/mol. The van der Waals surface area contributed by atoms with Crippen LogP contribution in [0.5, 0.6) is 0 Å². The first-order valence-corrected chi connectivity index (χ1v) is 8.18. The van der Waals surface area contributed by atoms with E-state index in [2.05, 4.69) is 18.1 Å². The van der Waals surface area contributed by atoms with Crippen molar-refractivity contribution in [1.82, 2.24) is 0 Å². The van der Waals surface area contributed by atoms with E-state index in [-0.39, 0.29) is 11.9 Å². The van der Waals surface area contributed by atoms with Crippen LogP contribution in [0.15, 0.2) is 46.9 Å². The maximum atomic E-state index is 12.6. The Morgan fingerprint density at radius 3 is 3.00 bits per heavy atom. The summed E-state index contributed by atoms with van der Waals surface area (Å²) >= 11 is 1.57. The number of hydrogen-bond acceptors (Lipinski definition) is 4. The number of nitrogens with zero attached hydrogens (tertiary/aromatic N) is 2. The van der Waals surface area contributed by atoms with Gasteiger partial charge in [0.25, 0.3) is 5.91 Å². The van der Waals surface area contributed by atoms with Gasteiger partial charge in [-0.25, -0.2) is 0 Å². The van der Waals surface area contributed by atoms with Crippen LogP contribution in [-0.4, -0.2) is 24.3 Å². The van der Waals surface area contributed by atoms with E-state index in [9.17, 15) is 4.79 Å². The van der Waals surface area contributed by atoms with E-state index in [1.165, 1.54) is 5.56 Å². The fourth-order valence-corrected chi connectivity index (χ4v) is 3.26. The zero-order chi connectivity index (χ0) is 15.5. The summed E-state index contributed by atoms with van der Waals surface area (Å²) in [6.07, 6.45) is 1.91. The molecule has 114 valence electrons. The van der Waals surface area contributed by atoms with Gasteiger partial charge in [-0.1, -0.05) is 29.4 Å². The molecule has 4 nitrogen and oxygen atoms in total. The average Bonchev–Trinajstić information content (AvgIpc) is 3.13. The van der Waals surface area contributed by atoms with Crippen LogP contribution in [0, 0.1) is 0 Å². The Hall–Kier alpha value is -2.14. The number of amides is 1. The molecule has 0 N–H and O–H groups in total. The van der Waals surface area contributed by atoms with Crippen molar-refractivity contribution in [3.63, 3.8) is 0 Å². The first-order chi connectivity index (χ1) is 10.7. The molecule has 2 atom stereocenters. The molecule has 2 unspecified atom stereocenters. The largest absolute Gasteiger partial charge is 0.383 e. The van der Waals surface area contributed by atoms with Crippen LogP contribution < -0.4 is 4.90 Å². The van der Waals surface area contributed by atoms with Gasteiger partial charge in [-0.15, -0.1) is 11.3 Å². The van der Waals surface area contributed by atoms with Gasteiger partial charge >= 0.3 is 0 Å². The number of hydrogen-bond donors (Lipinski definition) is 0. The van der Waals surface area contributed by atoms with E-state index >= 15 is 0 Å². The SMILES string of the molecule is CC(O/N=C/c1cccs1)C(=O)N1c2ccccc2CC1C. The van der Waals surface area contributed by atoms with E-state index in [4.69, 9.17) is 4.84 Å². The molecule has 22 heavy (non-hydrogen) atoms. The Balaban J connectivity index is 1.68. The molecule has 2 aromatic rings. The van der Waals surface area contributed by atoms with Crippen molar-refractivity contribution < 1.29 is 9.63 Å². The smallest absolute Gasteiger partial charge is 0.270 e. The fraction of sp³-hybridized carbons (Fsp3) is 0.294. The molecule has 0 saturated heterocycles. The van der Waals surface area contributed by atoms with Crippen LogP contribution in [0.3, 0.4) is 0 Å². The van der Waals surface area contributed by atoms with E-state index < -0.39 is 6.10 Å². The highest BCUT2D eigenvalue weighted by molar-refractivity contribution is 7.11. The molecule has 1 aromatic heterocycles. The van der Waals surface area contributed by atoms with Gasteiger partial charge in [0, 0.05) is 16.6 Å². The molecule has 2 heterocycles. The highest BCUT2D eigenvalue weighted by Crippen LogP contribution is 2.32. The standard InChI is InChI=1S/C17H18N2O2S/c1-12-10-14-6-3-4-8-16(14)19(12)17(20)13(2)21-18-11-15-7-5-9-22-15/h3-9,11-13H,10H2,1-2H3/b18-11+. The Labute approximate surface area is 134 Å². The van der Waals surface area contributed by atoms with Crippen molar-refractivity contribution in [2.24, 2.45) is 5.16 Å². The summed E-state index contributed by atoms with van der Waals surface area (Å²) in [4.78, 5) is 20.8. The quantitative estimate of drug-likeness (QED) is 0.640. The van der Waals surface area contributed by atoms with Crippen LogP contribution in [0.4, 0.5) is 5.69 Å². The molecule has 5 heteroatoms. The molecule has 0 radical (unpaired) electrons. The number of anilines is 1. The van der Waals surface area contributed by atoms with Crippen LogP contribution in [0.1, 0.15) is 24.3 Å². The third kappa shape index (κ3) is 2.90. The minimum atomic E-state index is -0.607. The first kappa shape index (κ1) is 14.8. The van der Waals surface area contributed by atoms with Crippen LogP contribution in [0.2, 0.25) is 0 Å². The van der Waals surface area contributed by atoms with E-state index in [1.54, 1.807) is 24.5 Å². The lowest BCUT2D eigenvalue weighted by molar-refractivity contribution is -0.129. The topological polar surface area (TPSA) is 41.9 Å². The first-order valence-electron chi connectivity index (χ1n) is 7.30. The van der Waals surface area contributed by atoms with Crippen LogP contribution in [0.25, 0.3) is 0 Å². The van der Waals surface area contributed by atoms with Gasteiger partial charge in [-0.2, -0.15) is 0 Å². The lowest BCUT2D eigenvalue weighted by atomic mass is 10.1. The second kappa shape index (κ2) is 6.32.